The number of carbonyl (C=O) groups excluding carboxylic acids is 1. The largest absolute Gasteiger partial charge is 0.490 e. The quantitative estimate of drug-likeness (QED) is 0.548. The Balaban J connectivity index is 1.83. The van der Waals surface area contributed by atoms with Crippen LogP contribution in [0.4, 0.5) is 0 Å². The van der Waals surface area contributed by atoms with Gasteiger partial charge in [0.05, 0.1) is 11.6 Å². The number of esters is 1. The van der Waals surface area contributed by atoms with Crippen molar-refractivity contribution in [3.05, 3.63) is 59.8 Å². The van der Waals surface area contributed by atoms with E-state index >= 15 is 0 Å². The second kappa shape index (κ2) is 9.47. The minimum absolute atomic E-state index is 0.00651. The Morgan fingerprint density at radius 2 is 1.86 bits per heavy atom. The van der Waals surface area contributed by atoms with Crippen molar-refractivity contribution in [1.82, 2.24) is 9.88 Å². The number of nitrogens with zero attached hydrogens (tertiary/aromatic N) is 1. The maximum Gasteiger partial charge on any atom is 0.354 e. The summed E-state index contributed by atoms with van der Waals surface area (Å²) in [4.78, 5) is 17.5. The number of ether oxygens (including phenoxy) is 3. The Hall–Kier alpha value is -2.99. The molecule has 1 aromatic heterocycles. The summed E-state index contributed by atoms with van der Waals surface area (Å²) in [7, 11) is 3.87. The number of fused-ring (bicyclic) bond motifs is 1. The summed E-state index contributed by atoms with van der Waals surface area (Å²) < 4.78 is 17.3. The van der Waals surface area contributed by atoms with Crippen molar-refractivity contribution < 1.29 is 19.0 Å². The molecule has 2 aromatic carbocycles. The second-order valence-electron chi connectivity index (χ2n) is 7.45. The van der Waals surface area contributed by atoms with Gasteiger partial charge in [-0.05, 0) is 39.6 Å². The van der Waals surface area contributed by atoms with Crippen LogP contribution in [0.15, 0.2) is 48.5 Å². The molecule has 6 heteroatoms. The zero-order chi connectivity index (χ0) is 20.8. The highest BCUT2D eigenvalue weighted by Gasteiger charge is 2.16. The van der Waals surface area contributed by atoms with Crippen LogP contribution in [-0.2, 0) is 11.3 Å². The first-order chi connectivity index (χ1) is 13.9. The molecule has 0 aliphatic heterocycles. The number of rotatable bonds is 9. The zero-order valence-corrected chi connectivity index (χ0v) is 17.4. The minimum Gasteiger partial charge on any atom is -0.490 e. The highest BCUT2D eigenvalue weighted by molar-refractivity contribution is 5.97. The molecular weight excluding hydrogens is 368 g/mol. The van der Waals surface area contributed by atoms with E-state index in [0.29, 0.717) is 37.0 Å². The molecule has 0 spiro atoms. The normalized spacial score (nSPS) is 11.2. The van der Waals surface area contributed by atoms with Gasteiger partial charge in [0.1, 0.15) is 30.4 Å². The molecule has 0 saturated heterocycles. The van der Waals surface area contributed by atoms with Crippen molar-refractivity contribution in [1.29, 1.82) is 0 Å². The monoisotopic (exact) mass is 396 g/mol. The third-order valence-corrected chi connectivity index (χ3v) is 4.28. The van der Waals surface area contributed by atoms with E-state index < -0.39 is 0 Å². The molecule has 0 radical (unpaired) electrons. The van der Waals surface area contributed by atoms with E-state index in [4.69, 9.17) is 14.2 Å². The van der Waals surface area contributed by atoms with Gasteiger partial charge in [0.25, 0.3) is 0 Å². The number of benzene rings is 2. The molecule has 6 nitrogen and oxygen atoms in total. The topological polar surface area (TPSA) is 63.8 Å². The van der Waals surface area contributed by atoms with E-state index in [9.17, 15) is 4.79 Å². The fourth-order valence-corrected chi connectivity index (χ4v) is 2.86. The smallest absolute Gasteiger partial charge is 0.354 e. The lowest BCUT2D eigenvalue weighted by molar-refractivity contribution is 0.0476. The third-order valence-electron chi connectivity index (χ3n) is 4.28. The minimum atomic E-state index is -0.384. The van der Waals surface area contributed by atoms with Crippen LogP contribution >= 0.6 is 0 Å². The molecule has 0 atom stereocenters. The standard InChI is InChI=1S/C23H28N2O4/c1-16(2)29-22-13-18(28-15-17-8-6-5-7-9-17)12-20-19(22)14-21(24-20)23(26)27-11-10-25(3)4/h5-9,12-14,16,24H,10-11,15H2,1-4H3. The van der Waals surface area contributed by atoms with Crippen LogP contribution in [0, 0.1) is 0 Å². The van der Waals surface area contributed by atoms with Crippen molar-refractivity contribution in [2.24, 2.45) is 0 Å². The van der Waals surface area contributed by atoms with E-state index in [1.54, 1.807) is 6.07 Å². The lowest BCUT2D eigenvalue weighted by atomic mass is 10.2. The zero-order valence-electron chi connectivity index (χ0n) is 17.4. The van der Waals surface area contributed by atoms with E-state index in [1.165, 1.54) is 0 Å². The number of carbonyl (C=O) groups is 1. The molecule has 0 amide bonds. The van der Waals surface area contributed by atoms with Gasteiger partial charge in [0.2, 0.25) is 0 Å². The molecule has 0 fully saturated rings. The maximum absolute atomic E-state index is 12.4. The molecule has 0 saturated carbocycles. The van der Waals surface area contributed by atoms with Crippen molar-refractivity contribution in [2.45, 2.75) is 26.6 Å². The first-order valence-corrected chi connectivity index (χ1v) is 9.74. The average molecular weight is 396 g/mol. The molecular formula is C23H28N2O4. The van der Waals surface area contributed by atoms with Gasteiger partial charge < -0.3 is 24.1 Å². The van der Waals surface area contributed by atoms with Gasteiger partial charge in [-0.3, -0.25) is 0 Å². The van der Waals surface area contributed by atoms with E-state index in [2.05, 4.69) is 4.98 Å². The molecule has 1 N–H and O–H groups in total. The molecule has 3 rings (SSSR count). The van der Waals surface area contributed by atoms with Crippen molar-refractivity contribution in [2.75, 3.05) is 27.2 Å². The first-order valence-electron chi connectivity index (χ1n) is 9.74. The molecule has 0 bridgehead atoms. The number of nitrogens with one attached hydrogen (secondary N) is 1. The van der Waals surface area contributed by atoms with Gasteiger partial charge in [-0.25, -0.2) is 4.79 Å². The first kappa shape index (κ1) is 20.7. The number of hydrogen-bond acceptors (Lipinski definition) is 5. The van der Waals surface area contributed by atoms with Crippen LogP contribution in [0.1, 0.15) is 29.9 Å². The molecule has 3 aromatic rings. The van der Waals surface area contributed by atoms with Crippen LogP contribution in [-0.4, -0.2) is 49.2 Å². The molecule has 154 valence electrons. The summed E-state index contributed by atoms with van der Waals surface area (Å²) >= 11 is 0. The van der Waals surface area contributed by atoms with E-state index in [0.717, 1.165) is 16.5 Å². The Bertz CT molecular complexity index is 948. The van der Waals surface area contributed by atoms with Crippen LogP contribution in [0.3, 0.4) is 0 Å². The summed E-state index contributed by atoms with van der Waals surface area (Å²) in [6.45, 7) is 5.39. The lowest BCUT2D eigenvalue weighted by Gasteiger charge is -2.13. The summed E-state index contributed by atoms with van der Waals surface area (Å²) in [5, 5.41) is 0.824. The van der Waals surface area contributed by atoms with Gasteiger partial charge in [-0.1, -0.05) is 30.3 Å². The van der Waals surface area contributed by atoms with Crippen molar-refractivity contribution >= 4 is 16.9 Å². The lowest BCUT2D eigenvalue weighted by Crippen LogP contribution is -2.20. The fourth-order valence-electron chi connectivity index (χ4n) is 2.86. The van der Waals surface area contributed by atoms with E-state index in [-0.39, 0.29) is 12.1 Å². The number of likely N-dealkylation sites (N-methyl/N-ethyl adjacent to an activating group) is 1. The summed E-state index contributed by atoms with van der Waals surface area (Å²) in [5.74, 6) is 0.959. The predicted molar refractivity (Wildman–Crippen MR) is 114 cm³/mol. The molecule has 29 heavy (non-hydrogen) atoms. The van der Waals surface area contributed by atoms with Crippen molar-refractivity contribution in [3.8, 4) is 11.5 Å². The second-order valence-corrected chi connectivity index (χ2v) is 7.45. The molecule has 1 heterocycles. The number of hydrogen-bond donors (Lipinski definition) is 1. The number of aromatic amines is 1. The van der Waals surface area contributed by atoms with Gasteiger partial charge in [-0.15, -0.1) is 0 Å². The average Bonchev–Trinajstić information content (AvgIpc) is 3.11. The number of H-pyrrole nitrogens is 1. The third kappa shape index (κ3) is 5.74. The van der Waals surface area contributed by atoms with Crippen molar-refractivity contribution in [3.63, 3.8) is 0 Å². The fraction of sp³-hybridized carbons (Fsp3) is 0.348. The highest BCUT2D eigenvalue weighted by atomic mass is 16.5. The summed E-state index contributed by atoms with van der Waals surface area (Å²) in [6, 6.07) is 15.5. The predicted octanol–water partition coefficient (Wildman–Crippen LogP) is 4.25. The van der Waals surface area contributed by atoms with E-state index in [1.807, 2.05) is 75.3 Å². The summed E-state index contributed by atoms with van der Waals surface area (Å²) in [6.07, 6.45) is -0.00651. The van der Waals surface area contributed by atoms with Gasteiger partial charge in [-0.2, -0.15) is 0 Å². The highest BCUT2D eigenvalue weighted by Crippen LogP contribution is 2.33. The Morgan fingerprint density at radius 3 is 2.55 bits per heavy atom. The van der Waals surface area contributed by atoms with Crippen LogP contribution < -0.4 is 9.47 Å². The number of aromatic nitrogens is 1. The summed E-state index contributed by atoms with van der Waals surface area (Å²) in [5.41, 5.74) is 2.24. The van der Waals surface area contributed by atoms with Crippen LogP contribution in [0.5, 0.6) is 11.5 Å². The Labute approximate surface area is 171 Å². The maximum atomic E-state index is 12.4. The SMILES string of the molecule is CC(C)Oc1cc(OCc2ccccc2)cc2[nH]c(C(=O)OCCN(C)C)cc12. The van der Waals surface area contributed by atoms with Crippen LogP contribution in [0.2, 0.25) is 0 Å². The van der Waals surface area contributed by atoms with Crippen LogP contribution in [0.25, 0.3) is 10.9 Å². The molecule has 0 aliphatic rings. The van der Waals surface area contributed by atoms with Gasteiger partial charge in [0, 0.05) is 24.1 Å². The molecule has 0 aliphatic carbocycles. The Kier molecular flexibility index (Phi) is 6.77. The molecule has 0 unspecified atom stereocenters. The van der Waals surface area contributed by atoms with Gasteiger partial charge >= 0.3 is 5.97 Å². The Morgan fingerprint density at radius 1 is 1.10 bits per heavy atom. The van der Waals surface area contributed by atoms with Gasteiger partial charge in [0.15, 0.2) is 0 Å².